The van der Waals surface area contributed by atoms with E-state index in [4.69, 9.17) is 4.74 Å². The number of benzene rings is 3. The fourth-order valence-corrected chi connectivity index (χ4v) is 4.75. The van der Waals surface area contributed by atoms with Crippen molar-refractivity contribution in [2.45, 2.75) is 18.4 Å². The molecule has 8 nitrogen and oxygen atoms in total. The summed E-state index contributed by atoms with van der Waals surface area (Å²) in [4.78, 5) is 36.1. The molecule has 170 valence electrons. The fraction of sp³-hybridized carbons (Fsp3) is 0.154. The number of allylic oxidation sites excluding steroid dienone is 2. The van der Waals surface area contributed by atoms with E-state index >= 15 is 0 Å². The third-order valence-electron chi connectivity index (χ3n) is 6.35. The summed E-state index contributed by atoms with van der Waals surface area (Å²) in [6, 6.07) is 17.8. The number of carbonyl (C=O) groups is 2. The lowest BCUT2D eigenvalue weighted by molar-refractivity contribution is -0.385. The van der Waals surface area contributed by atoms with E-state index in [2.05, 4.69) is 5.32 Å². The molecule has 0 fully saturated rings. The Morgan fingerprint density at radius 1 is 1.03 bits per heavy atom. The summed E-state index contributed by atoms with van der Waals surface area (Å²) in [5.41, 5.74) is 2.40. The van der Waals surface area contributed by atoms with Crippen molar-refractivity contribution in [3.05, 3.63) is 100 Å². The van der Waals surface area contributed by atoms with Crippen LogP contribution in [0.3, 0.4) is 0 Å². The minimum atomic E-state index is -1.00. The molecule has 3 unspecified atom stereocenters. The van der Waals surface area contributed by atoms with Gasteiger partial charge in [0, 0.05) is 17.9 Å². The van der Waals surface area contributed by atoms with Gasteiger partial charge in [-0.05, 0) is 35.2 Å². The third-order valence-corrected chi connectivity index (χ3v) is 6.35. The second-order valence-electron chi connectivity index (χ2n) is 8.28. The van der Waals surface area contributed by atoms with Crippen LogP contribution >= 0.6 is 0 Å². The van der Waals surface area contributed by atoms with Crippen molar-refractivity contribution < 1.29 is 24.4 Å². The standard InChI is InChI=1S/C26H20N2O6/c29-25(30)24-19-10-4-8-17(19)18-9-5-11-20(23(18)27-24)26(31)34-22-13-12-16(14-21(22)28(32)33)15-6-2-1-3-7-15/h1-9,11-14,17,19,24,27H,10H2,(H,29,30). The number of aliphatic carboxylic acids is 1. The molecule has 0 radical (unpaired) electrons. The van der Waals surface area contributed by atoms with Gasteiger partial charge in [0.15, 0.2) is 0 Å². The number of esters is 1. The number of carbonyl (C=O) groups excluding carboxylic acids is 1. The van der Waals surface area contributed by atoms with Gasteiger partial charge >= 0.3 is 17.6 Å². The number of anilines is 1. The van der Waals surface area contributed by atoms with Crippen molar-refractivity contribution in [3.8, 4) is 16.9 Å². The Morgan fingerprint density at radius 2 is 1.82 bits per heavy atom. The Morgan fingerprint density at radius 3 is 2.56 bits per heavy atom. The topological polar surface area (TPSA) is 119 Å². The van der Waals surface area contributed by atoms with Gasteiger partial charge in [-0.15, -0.1) is 0 Å². The summed E-state index contributed by atoms with van der Waals surface area (Å²) in [5, 5.41) is 24.4. The van der Waals surface area contributed by atoms with Crippen molar-refractivity contribution in [1.29, 1.82) is 0 Å². The zero-order chi connectivity index (χ0) is 23.8. The Hall–Kier alpha value is -4.46. The van der Waals surface area contributed by atoms with Crippen LogP contribution < -0.4 is 10.1 Å². The van der Waals surface area contributed by atoms with E-state index in [1.165, 1.54) is 18.2 Å². The highest BCUT2D eigenvalue weighted by atomic mass is 16.6. The van der Waals surface area contributed by atoms with E-state index in [1.54, 1.807) is 12.1 Å². The molecule has 0 saturated heterocycles. The molecule has 3 aromatic carbocycles. The maximum atomic E-state index is 13.1. The predicted octanol–water partition coefficient (Wildman–Crippen LogP) is 5.02. The number of rotatable bonds is 5. The fourth-order valence-electron chi connectivity index (χ4n) is 4.75. The van der Waals surface area contributed by atoms with Gasteiger partial charge in [0.2, 0.25) is 5.75 Å². The zero-order valence-corrected chi connectivity index (χ0v) is 17.9. The summed E-state index contributed by atoms with van der Waals surface area (Å²) in [7, 11) is 0. The molecule has 0 spiro atoms. The number of ether oxygens (including phenoxy) is 1. The van der Waals surface area contributed by atoms with Gasteiger partial charge in [-0.25, -0.2) is 9.59 Å². The number of hydrogen-bond donors (Lipinski definition) is 2. The number of para-hydroxylation sites is 1. The van der Waals surface area contributed by atoms with Crippen molar-refractivity contribution in [2.24, 2.45) is 5.92 Å². The lowest BCUT2D eigenvalue weighted by Gasteiger charge is -2.35. The normalized spacial score (nSPS) is 20.1. The van der Waals surface area contributed by atoms with Crippen molar-refractivity contribution in [3.63, 3.8) is 0 Å². The van der Waals surface area contributed by atoms with Gasteiger partial charge < -0.3 is 15.2 Å². The first-order valence-corrected chi connectivity index (χ1v) is 10.8. The molecule has 2 aliphatic rings. The quantitative estimate of drug-likeness (QED) is 0.182. The van der Waals surface area contributed by atoms with E-state index in [-0.39, 0.29) is 28.8 Å². The van der Waals surface area contributed by atoms with Gasteiger partial charge in [-0.3, -0.25) is 10.1 Å². The molecule has 1 aliphatic heterocycles. The average molecular weight is 456 g/mol. The summed E-state index contributed by atoms with van der Waals surface area (Å²) in [6.45, 7) is 0. The van der Waals surface area contributed by atoms with Gasteiger partial charge in [0.25, 0.3) is 0 Å². The highest BCUT2D eigenvalue weighted by Gasteiger charge is 2.42. The van der Waals surface area contributed by atoms with Crippen molar-refractivity contribution >= 4 is 23.3 Å². The molecule has 1 heterocycles. The minimum Gasteiger partial charge on any atom is -0.480 e. The molecular formula is C26H20N2O6. The summed E-state index contributed by atoms with van der Waals surface area (Å²) < 4.78 is 5.47. The van der Waals surface area contributed by atoms with E-state index < -0.39 is 22.9 Å². The number of fused-ring (bicyclic) bond motifs is 3. The molecule has 1 aliphatic carbocycles. The Balaban J connectivity index is 1.49. The molecule has 2 N–H and O–H groups in total. The molecule has 8 heteroatoms. The largest absolute Gasteiger partial charge is 0.480 e. The highest BCUT2D eigenvalue weighted by molar-refractivity contribution is 5.99. The highest BCUT2D eigenvalue weighted by Crippen LogP contribution is 2.46. The van der Waals surface area contributed by atoms with Crippen LogP contribution in [0.15, 0.2) is 78.9 Å². The van der Waals surface area contributed by atoms with Crippen LogP contribution in [-0.2, 0) is 4.79 Å². The zero-order valence-electron chi connectivity index (χ0n) is 17.9. The van der Waals surface area contributed by atoms with Crippen LogP contribution in [0.2, 0.25) is 0 Å². The Kier molecular flexibility index (Phi) is 5.33. The summed E-state index contributed by atoms with van der Waals surface area (Å²) in [6.07, 6.45) is 4.54. The van der Waals surface area contributed by atoms with Crippen LogP contribution in [0.5, 0.6) is 5.75 Å². The molecule has 3 aromatic rings. The number of nitro benzene ring substituents is 1. The molecule has 3 atom stereocenters. The number of hydrogen-bond acceptors (Lipinski definition) is 6. The second-order valence-corrected chi connectivity index (χ2v) is 8.28. The molecule has 0 amide bonds. The van der Waals surface area contributed by atoms with Crippen molar-refractivity contribution in [1.82, 2.24) is 0 Å². The lowest BCUT2D eigenvalue weighted by Crippen LogP contribution is -2.42. The minimum absolute atomic E-state index is 0.129. The molecular weight excluding hydrogens is 436 g/mol. The van der Waals surface area contributed by atoms with E-state index in [0.717, 1.165) is 11.1 Å². The molecule has 0 aromatic heterocycles. The number of nitrogens with zero attached hydrogens (tertiary/aromatic N) is 1. The van der Waals surface area contributed by atoms with Crippen LogP contribution in [0.1, 0.15) is 28.3 Å². The van der Waals surface area contributed by atoms with Crippen LogP contribution in [-0.4, -0.2) is 28.0 Å². The van der Waals surface area contributed by atoms with Gasteiger partial charge in [-0.2, -0.15) is 0 Å². The average Bonchev–Trinajstić information content (AvgIpc) is 3.34. The molecule has 0 bridgehead atoms. The first kappa shape index (κ1) is 21.4. The number of nitrogens with one attached hydrogen (secondary N) is 1. The second kappa shape index (κ2) is 8.47. The molecule has 34 heavy (non-hydrogen) atoms. The van der Waals surface area contributed by atoms with Crippen LogP contribution in [0, 0.1) is 16.0 Å². The summed E-state index contributed by atoms with van der Waals surface area (Å²) >= 11 is 0. The Bertz CT molecular complexity index is 1330. The first-order chi connectivity index (χ1) is 16.4. The maximum absolute atomic E-state index is 13.1. The summed E-state index contributed by atoms with van der Waals surface area (Å²) in [5.74, 6) is -2.27. The SMILES string of the molecule is O=C(Oc1ccc(-c2ccccc2)cc1[N+](=O)[O-])c1cccc2c1NC(C(=O)O)C1CC=CC21. The van der Waals surface area contributed by atoms with E-state index in [1.807, 2.05) is 48.6 Å². The first-order valence-electron chi connectivity index (χ1n) is 10.8. The monoisotopic (exact) mass is 456 g/mol. The lowest BCUT2D eigenvalue weighted by atomic mass is 9.78. The van der Waals surface area contributed by atoms with Crippen LogP contribution in [0.25, 0.3) is 11.1 Å². The van der Waals surface area contributed by atoms with Gasteiger partial charge in [0.1, 0.15) is 6.04 Å². The van der Waals surface area contributed by atoms with Gasteiger partial charge in [-0.1, -0.05) is 60.7 Å². The number of nitro groups is 1. The third kappa shape index (κ3) is 3.69. The van der Waals surface area contributed by atoms with E-state index in [9.17, 15) is 24.8 Å². The predicted molar refractivity (Wildman–Crippen MR) is 125 cm³/mol. The number of carboxylic acids is 1. The Labute approximate surface area is 194 Å². The maximum Gasteiger partial charge on any atom is 0.345 e. The smallest absolute Gasteiger partial charge is 0.345 e. The van der Waals surface area contributed by atoms with Crippen LogP contribution in [0.4, 0.5) is 11.4 Å². The molecule has 5 rings (SSSR count). The van der Waals surface area contributed by atoms with Gasteiger partial charge in [0.05, 0.1) is 16.2 Å². The molecule has 0 saturated carbocycles. The number of carboxylic acid groups (broad SMARTS) is 1. The van der Waals surface area contributed by atoms with E-state index in [0.29, 0.717) is 17.7 Å². The van der Waals surface area contributed by atoms with Crippen molar-refractivity contribution in [2.75, 3.05) is 5.32 Å².